The molecule has 0 aliphatic carbocycles. The first-order valence-electron chi connectivity index (χ1n) is 7.60. The van der Waals surface area contributed by atoms with Crippen molar-refractivity contribution in [3.63, 3.8) is 0 Å². The van der Waals surface area contributed by atoms with Crippen LogP contribution in [0.25, 0.3) is 11.1 Å². The van der Waals surface area contributed by atoms with E-state index in [9.17, 15) is 13.2 Å². The van der Waals surface area contributed by atoms with E-state index in [2.05, 4.69) is 4.98 Å². The average Bonchev–Trinajstić information content (AvgIpc) is 2.45. The van der Waals surface area contributed by atoms with Crippen LogP contribution in [0, 0.1) is 0 Å². The van der Waals surface area contributed by atoms with Gasteiger partial charge in [0.2, 0.25) is 0 Å². The molecule has 0 unspecified atom stereocenters. The minimum absolute atomic E-state index is 0.155. The van der Waals surface area contributed by atoms with Gasteiger partial charge in [0.15, 0.2) is 9.84 Å². The molecule has 1 aromatic carbocycles. The van der Waals surface area contributed by atoms with Crippen molar-refractivity contribution in [1.82, 2.24) is 4.98 Å². The lowest BCUT2D eigenvalue weighted by molar-refractivity contribution is 0.397. The topological polar surface area (TPSA) is 76.2 Å². The van der Waals surface area contributed by atoms with Gasteiger partial charge in [0.05, 0.1) is 12.9 Å². The monoisotopic (exact) mass is 349 g/mol. The van der Waals surface area contributed by atoms with Crippen LogP contribution in [0.4, 0.5) is 0 Å². The Bertz CT molecular complexity index is 905. The average molecular weight is 349 g/mol. The van der Waals surface area contributed by atoms with Gasteiger partial charge >= 0.3 is 0 Å². The van der Waals surface area contributed by atoms with Gasteiger partial charge in [-0.05, 0) is 40.8 Å². The number of aromatic nitrogens is 1. The molecule has 1 heterocycles. The summed E-state index contributed by atoms with van der Waals surface area (Å²) in [6, 6.07) is 7.01. The first-order valence-corrected chi connectivity index (χ1v) is 9.66. The summed E-state index contributed by atoms with van der Waals surface area (Å²) in [5.41, 5.74) is 2.07. The summed E-state index contributed by atoms with van der Waals surface area (Å²) in [4.78, 5) is 14.9. The van der Waals surface area contributed by atoms with Crippen LogP contribution in [-0.2, 0) is 21.0 Å². The molecular formula is C18H23NO4S. The number of nitrogens with one attached hydrogen (secondary N) is 1. The number of hydrogen-bond acceptors (Lipinski definition) is 4. The fourth-order valence-corrected chi connectivity index (χ4v) is 3.47. The van der Waals surface area contributed by atoms with E-state index in [-0.39, 0.29) is 16.7 Å². The minimum atomic E-state index is -3.26. The van der Waals surface area contributed by atoms with Crippen LogP contribution in [0.15, 0.2) is 35.3 Å². The highest BCUT2D eigenvalue weighted by Gasteiger charge is 2.23. The number of pyridine rings is 1. The van der Waals surface area contributed by atoms with Crippen molar-refractivity contribution in [2.75, 3.05) is 13.4 Å². The van der Waals surface area contributed by atoms with E-state index in [1.165, 1.54) is 6.26 Å². The summed E-state index contributed by atoms with van der Waals surface area (Å²) in [5, 5.41) is 0. The van der Waals surface area contributed by atoms with Crippen molar-refractivity contribution in [2.45, 2.75) is 31.9 Å². The highest BCUT2D eigenvalue weighted by Crippen LogP contribution is 2.37. The summed E-state index contributed by atoms with van der Waals surface area (Å²) in [5.74, 6) is 0.467. The van der Waals surface area contributed by atoms with Crippen LogP contribution >= 0.6 is 0 Å². The molecule has 0 fully saturated rings. The molecule has 0 radical (unpaired) electrons. The third kappa shape index (κ3) is 4.06. The second-order valence-electron chi connectivity index (χ2n) is 6.94. The zero-order valence-corrected chi connectivity index (χ0v) is 15.5. The van der Waals surface area contributed by atoms with E-state index in [1.54, 1.807) is 31.5 Å². The van der Waals surface area contributed by atoms with Crippen molar-refractivity contribution < 1.29 is 13.2 Å². The van der Waals surface area contributed by atoms with Gasteiger partial charge in [0, 0.05) is 23.6 Å². The minimum Gasteiger partial charge on any atom is -0.496 e. The van der Waals surface area contributed by atoms with Crippen LogP contribution in [0.5, 0.6) is 5.75 Å². The Morgan fingerprint density at radius 2 is 1.83 bits per heavy atom. The number of hydrogen-bond donors (Lipinski definition) is 1. The highest BCUT2D eigenvalue weighted by molar-refractivity contribution is 7.89. The molecule has 0 aliphatic heterocycles. The maximum absolute atomic E-state index is 12.2. The second-order valence-corrected chi connectivity index (χ2v) is 9.08. The van der Waals surface area contributed by atoms with E-state index >= 15 is 0 Å². The maximum Gasteiger partial charge on any atom is 0.255 e. The highest BCUT2D eigenvalue weighted by atomic mass is 32.2. The van der Waals surface area contributed by atoms with Crippen molar-refractivity contribution in [3.05, 3.63) is 51.9 Å². The summed E-state index contributed by atoms with van der Waals surface area (Å²) in [6.45, 7) is 6.13. The van der Waals surface area contributed by atoms with Crippen molar-refractivity contribution >= 4 is 9.84 Å². The van der Waals surface area contributed by atoms with E-state index in [1.807, 2.05) is 26.8 Å². The molecule has 0 saturated heterocycles. The van der Waals surface area contributed by atoms with Crippen LogP contribution < -0.4 is 10.3 Å². The molecule has 1 N–H and O–H groups in total. The van der Waals surface area contributed by atoms with Crippen molar-refractivity contribution in [3.8, 4) is 16.9 Å². The zero-order valence-electron chi connectivity index (χ0n) is 14.6. The van der Waals surface area contributed by atoms with Crippen LogP contribution in [-0.4, -0.2) is 26.8 Å². The molecule has 6 heteroatoms. The Hall–Kier alpha value is -2.08. The normalized spacial score (nSPS) is 12.2. The van der Waals surface area contributed by atoms with Crippen LogP contribution in [0.1, 0.15) is 31.9 Å². The first kappa shape index (κ1) is 18.3. The predicted octanol–water partition coefficient (Wildman–Crippen LogP) is 2.89. The maximum atomic E-state index is 12.2. The molecule has 5 nitrogen and oxygen atoms in total. The fraction of sp³-hybridized carbons (Fsp3) is 0.389. The molecule has 130 valence electrons. The lowest BCUT2D eigenvalue weighted by atomic mass is 9.83. The zero-order chi connectivity index (χ0) is 18.1. The molecule has 0 aliphatic rings. The van der Waals surface area contributed by atoms with Gasteiger partial charge in [0.1, 0.15) is 5.75 Å². The molecule has 1 aromatic heterocycles. The number of H-pyrrole nitrogens is 1. The number of aromatic amines is 1. The van der Waals surface area contributed by atoms with E-state index in [0.717, 1.165) is 5.56 Å². The van der Waals surface area contributed by atoms with Crippen LogP contribution in [0.3, 0.4) is 0 Å². The Labute approximate surface area is 142 Å². The molecule has 0 spiro atoms. The smallest absolute Gasteiger partial charge is 0.255 e. The largest absolute Gasteiger partial charge is 0.496 e. The van der Waals surface area contributed by atoms with Gasteiger partial charge in [-0.3, -0.25) is 4.79 Å². The predicted molar refractivity (Wildman–Crippen MR) is 96.3 cm³/mol. The molecule has 0 bridgehead atoms. The van der Waals surface area contributed by atoms with Crippen molar-refractivity contribution in [2.24, 2.45) is 0 Å². The molecule has 0 saturated carbocycles. The van der Waals surface area contributed by atoms with Gasteiger partial charge < -0.3 is 9.72 Å². The van der Waals surface area contributed by atoms with E-state index in [0.29, 0.717) is 22.4 Å². The molecule has 2 aromatic rings. The van der Waals surface area contributed by atoms with Gasteiger partial charge in [-0.25, -0.2) is 8.42 Å². The van der Waals surface area contributed by atoms with Gasteiger partial charge in [-0.15, -0.1) is 0 Å². The van der Waals surface area contributed by atoms with Gasteiger partial charge in [0.25, 0.3) is 5.56 Å². The van der Waals surface area contributed by atoms with Gasteiger partial charge in [-0.1, -0.05) is 20.8 Å². The number of sulfone groups is 1. The molecule has 24 heavy (non-hydrogen) atoms. The first-order chi connectivity index (χ1) is 11.0. The second kappa shape index (κ2) is 6.43. The third-order valence-electron chi connectivity index (χ3n) is 3.76. The lowest BCUT2D eigenvalue weighted by Crippen LogP contribution is -2.16. The van der Waals surface area contributed by atoms with Crippen LogP contribution in [0.2, 0.25) is 0 Å². The third-order valence-corrected chi connectivity index (χ3v) is 4.59. The van der Waals surface area contributed by atoms with Gasteiger partial charge in [-0.2, -0.15) is 0 Å². The number of benzene rings is 1. The molecule has 0 amide bonds. The Balaban J connectivity index is 2.83. The van der Waals surface area contributed by atoms with E-state index in [4.69, 9.17) is 4.74 Å². The number of ether oxygens (including phenoxy) is 1. The Morgan fingerprint density at radius 3 is 2.33 bits per heavy atom. The number of methoxy groups -OCH3 is 1. The Kier molecular flexibility index (Phi) is 4.90. The molecule has 0 atom stereocenters. The summed E-state index contributed by atoms with van der Waals surface area (Å²) < 4.78 is 29.1. The van der Waals surface area contributed by atoms with Crippen molar-refractivity contribution in [1.29, 1.82) is 0 Å². The quantitative estimate of drug-likeness (QED) is 0.921. The summed E-state index contributed by atoms with van der Waals surface area (Å²) in [7, 11) is -1.70. The molecule has 2 rings (SSSR count). The summed E-state index contributed by atoms with van der Waals surface area (Å²) in [6.07, 6.45) is 2.73. The fourth-order valence-electron chi connectivity index (χ4n) is 2.66. The SMILES string of the molecule is COc1cc(CS(C)(=O)=O)c(-c2ccc[nH]c2=O)cc1C(C)(C)C. The standard InChI is InChI=1S/C18H23NO4S/c1-18(2,3)15-10-14(13-7-6-8-19-17(13)20)12(9-16(15)23-4)11-24(5,21)22/h6-10H,11H2,1-5H3,(H,19,20). The number of rotatable bonds is 4. The Morgan fingerprint density at radius 1 is 1.17 bits per heavy atom. The van der Waals surface area contributed by atoms with E-state index < -0.39 is 9.84 Å². The lowest BCUT2D eigenvalue weighted by Gasteiger charge is -2.24. The molecular weight excluding hydrogens is 326 g/mol. The summed E-state index contributed by atoms with van der Waals surface area (Å²) >= 11 is 0.